The SMILES string of the molecule is CC(=O)N1CCc2c(N3CCNC4(CC4)C3)ccnc21. The number of carbonyl (C=O) groups excluding carboxylic acids is 1. The first-order valence-corrected chi connectivity index (χ1v) is 7.45. The Morgan fingerprint density at radius 3 is 3.00 bits per heavy atom. The third kappa shape index (κ3) is 1.80. The highest BCUT2D eigenvalue weighted by molar-refractivity contribution is 5.93. The molecule has 4 rings (SSSR count). The fraction of sp³-hybridized carbons (Fsp3) is 0.600. The number of aromatic nitrogens is 1. The smallest absolute Gasteiger partial charge is 0.225 e. The van der Waals surface area contributed by atoms with Crippen molar-refractivity contribution in [2.24, 2.45) is 0 Å². The summed E-state index contributed by atoms with van der Waals surface area (Å²) in [5, 5.41) is 3.64. The quantitative estimate of drug-likeness (QED) is 0.826. The molecule has 1 saturated carbocycles. The lowest BCUT2D eigenvalue weighted by Gasteiger charge is -2.36. The zero-order valence-corrected chi connectivity index (χ0v) is 11.9. The van der Waals surface area contributed by atoms with Crippen LogP contribution in [0.15, 0.2) is 12.3 Å². The number of hydrogen-bond donors (Lipinski definition) is 1. The highest BCUT2D eigenvalue weighted by Gasteiger charge is 2.46. The minimum Gasteiger partial charge on any atom is -0.368 e. The van der Waals surface area contributed by atoms with E-state index in [1.165, 1.54) is 24.1 Å². The molecule has 5 nitrogen and oxygen atoms in total. The van der Waals surface area contributed by atoms with E-state index in [0.29, 0.717) is 5.54 Å². The van der Waals surface area contributed by atoms with Gasteiger partial charge in [0.05, 0.1) is 0 Å². The van der Waals surface area contributed by atoms with Gasteiger partial charge in [0.25, 0.3) is 0 Å². The lowest BCUT2D eigenvalue weighted by Crippen LogP contribution is -2.52. The third-order valence-corrected chi connectivity index (χ3v) is 4.80. The van der Waals surface area contributed by atoms with E-state index < -0.39 is 0 Å². The van der Waals surface area contributed by atoms with E-state index in [1.54, 1.807) is 11.8 Å². The summed E-state index contributed by atoms with van der Waals surface area (Å²) in [6, 6.07) is 2.11. The number of carbonyl (C=O) groups is 1. The highest BCUT2D eigenvalue weighted by atomic mass is 16.2. The number of pyridine rings is 1. The Labute approximate surface area is 119 Å². The summed E-state index contributed by atoms with van der Waals surface area (Å²) in [4.78, 5) is 20.4. The lowest BCUT2D eigenvalue weighted by atomic mass is 10.1. The van der Waals surface area contributed by atoms with E-state index in [-0.39, 0.29) is 5.91 Å². The van der Waals surface area contributed by atoms with Crippen LogP contribution in [0, 0.1) is 0 Å². The standard InChI is InChI=1S/C15H20N4O/c1-11(20)19-8-3-12-13(2-6-16-14(12)19)18-9-7-17-15(10-18)4-5-15/h2,6,17H,3-5,7-10H2,1H3. The van der Waals surface area contributed by atoms with Gasteiger partial charge in [-0.15, -0.1) is 0 Å². The minimum absolute atomic E-state index is 0.0902. The van der Waals surface area contributed by atoms with Crippen LogP contribution in [-0.2, 0) is 11.2 Å². The fourth-order valence-corrected chi connectivity index (χ4v) is 3.52. The monoisotopic (exact) mass is 272 g/mol. The van der Waals surface area contributed by atoms with Crippen LogP contribution in [-0.4, -0.2) is 42.6 Å². The Bertz CT molecular complexity index is 567. The number of fused-ring (bicyclic) bond motifs is 1. The van der Waals surface area contributed by atoms with E-state index in [1.807, 2.05) is 6.20 Å². The molecular formula is C15H20N4O. The van der Waals surface area contributed by atoms with Crippen molar-refractivity contribution >= 4 is 17.4 Å². The van der Waals surface area contributed by atoms with Gasteiger partial charge in [-0.3, -0.25) is 9.69 Å². The van der Waals surface area contributed by atoms with Gasteiger partial charge in [-0.05, 0) is 25.3 Å². The summed E-state index contributed by atoms with van der Waals surface area (Å²) in [6.45, 7) is 5.56. The maximum absolute atomic E-state index is 11.7. The first-order valence-electron chi connectivity index (χ1n) is 7.45. The maximum atomic E-state index is 11.7. The number of nitrogens with zero attached hydrogens (tertiary/aromatic N) is 3. The molecule has 1 aliphatic carbocycles. The molecule has 20 heavy (non-hydrogen) atoms. The van der Waals surface area contributed by atoms with Crippen molar-refractivity contribution in [2.45, 2.75) is 31.7 Å². The number of anilines is 2. The number of amides is 1. The van der Waals surface area contributed by atoms with Crippen molar-refractivity contribution in [3.05, 3.63) is 17.8 Å². The van der Waals surface area contributed by atoms with E-state index in [0.717, 1.165) is 38.4 Å². The molecule has 0 aromatic carbocycles. The molecule has 5 heteroatoms. The second-order valence-corrected chi connectivity index (χ2v) is 6.18. The molecular weight excluding hydrogens is 252 g/mol. The second kappa shape index (κ2) is 4.19. The van der Waals surface area contributed by atoms with Crippen LogP contribution in [0.1, 0.15) is 25.3 Å². The van der Waals surface area contributed by atoms with E-state index in [2.05, 4.69) is 21.3 Å². The van der Waals surface area contributed by atoms with E-state index in [9.17, 15) is 4.79 Å². The summed E-state index contributed by atoms with van der Waals surface area (Å²) in [5.74, 6) is 0.964. The van der Waals surface area contributed by atoms with Gasteiger partial charge in [-0.1, -0.05) is 0 Å². The maximum Gasteiger partial charge on any atom is 0.225 e. The van der Waals surface area contributed by atoms with Crippen molar-refractivity contribution in [1.29, 1.82) is 0 Å². The van der Waals surface area contributed by atoms with Crippen LogP contribution in [0.4, 0.5) is 11.5 Å². The second-order valence-electron chi connectivity index (χ2n) is 6.18. The van der Waals surface area contributed by atoms with Gasteiger partial charge in [0.1, 0.15) is 5.82 Å². The highest BCUT2D eigenvalue weighted by Crippen LogP contribution is 2.41. The Morgan fingerprint density at radius 2 is 2.25 bits per heavy atom. The van der Waals surface area contributed by atoms with Crippen LogP contribution in [0.2, 0.25) is 0 Å². The van der Waals surface area contributed by atoms with Crippen molar-refractivity contribution in [2.75, 3.05) is 36.0 Å². The third-order valence-electron chi connectivity index (χ3n) is 4.80. The molecule has 3 aliphatic rings. The molecule has 0 atom stereocenters. The van der Waals surface area contributed by atoms with Gasteiger partial charge in [0.15, 0.2) is 0 Å². The van der Waals surface area contributed by atoms with Crippen LogP contribution < -0.4 is 15.1 Å². The summed E-state index contributed by atoms with van der Waals surface area (Å²) in [5.41, 5.74) is 2.90. The number of rotatable bonds is 1. The predicted molar refractivity (Wildman–Crippen MR) is 78.1 cm³/mol. The topological polar surface area (TPSA) is 48.5 Å². The van der Waals surface area contributed by atoms with Crippen molar-refractivity contribution in [3.63, 3.8) is 0 Å². The Balaban J connectivity index is 1.68. The summed E-state index contributed by atoms with van der Waals surface area (Å²) < 4.78 is 0. The first kappa shape index (κ1) is 12.1. The Hall–Kier alpha value is -1.62. The van der Waals surface area contributed by atoms with Crippen LogP contribution >= 0.6 is 0 Å². The van der Waals surface area contributed by atoms with Gasteiger partial charge >= 0.3 is 0 Å². The number of nitrogens with one attached hydrogen (secondary N) is 1. The van der Waals surface area contributed by atoms with E-state index >= 15 is 0 Å². The van der Waals surface area contributed by atoms with Crippen LogP contribution in [0.25, 0.3) is 0 Å². The number of hydrogen-bond acceptors (Lipinski definition) is 4. The molecule has 1 aromatic rings. The average molecular weight is 272 g/mol. The molecule has 2 aliphatic heterocycles. The molecule has 0 radical (unpaired) electrons. The average Bonchev–Trinajstić information content (AvgIpc) is 3.04. The van der Waals surface area contributed by atoms with Crippen LogP contribution in [0.3, 0.4) is 0 Å². The molecule has 3 heterocycles. The van der Waals surface area contributed by atoms with Gasteiger partial charge in [0.2, 0.25) is 5.91 Å². The molecule has 0 bridgehead atoms. The van der Waals surface area contributed by atoms with Crippen molar-refractivity contribution < 1.29 is 4.79 Å². The summed E-state index contributed by atoms with van der Waals surface area (Å²) >= 11 is 0. The molecule has 2 fully saturated rings. The van der Waals surface area contributed by atoms with Gasteiger partial charge in [0, 0.05) is 56.1 Å². The summed E-state index contributed by atoms with van der Waals surface area (Å²) in [7, 11) is 0. The Kier molecular flexibility index (Phi) is 2.54. The number of piperazine rings is 1. The van der Waals surface area contributed by atoms with E-state index in [4.69, 9.17) is 0 Å². The normalized spacial score (nSPS) is 23.1. The van der Waals surface area contributed by atoms with Crippen LogP contribution in [0.5, 0.6) is 0 Å². The van der Waals surface area contributed by atoms with Crippen molar-refractivity contribution in [3.8, 4) is 0 Å². The molecule has 1 N–H and O–H groups in total. The largest absolute Gasteiger partial charge is 0.368 e. The zero-order chi connectivity index (χ0) is 13.7. The van der Waals surface area contributed by atoms with Gasteiger partial charge in [-0.25, -0.2) is 4.98 Å². The fourth-order valence-electron chi connectivity index (χ4n) is 3.52. The summed E-state index contributed by atoms with van der Waals surface area (Å²) in [6.07, 6.45) is 5.35. The first-order chi connectivity index (χ1) is 9.69. The van der Waals surface area contributed by atoms with Gasteiger partial charge in [-0.2, -0.15) is 0 Å². The lowest BCUT2D eigenvalue weighted by molar-refractivity contribution is -0.116. The molecule has 1 spiro atoms. The van der Waals surface area contributed by atoms with Gasteiger partial charge < -0.3 is 10.2 Å². The molecule has 1 aromatic heterocycles. The van der Waals surface area contributed by atoms with Crippen molar-refractivity contribution in [1.82, 2.24) is 10.3 Å². The minimum atomic E-state index is 0.0902. The predicted octanol–water partition coefficient (Wildman–Crippen LogP) is 0.933. The molecule has 0 unspecified atom stereocenters. The Morgan fingerprint density at radius 1 is 1.40 bits per heavy atom. The zero-order valence-electron chi connectivity index (χ0n) is 11.9. The molecule has 1 saturated heterocycles. The molecule has 1 amide bonds. The molecule has 106 valence electrons.